The Hall–Kier alpha value is -1.03. The van der Waals surface area contributed by atoms with Crippen molar-refractivity contribution < 1.29 is 14.6 Å². The van der Waals surface area contributed by atoms with Crippen molar-refractivity contribution in [1.82, 2.24) is 0 Å². The van der Waals surface area contributed by atoms with E-state index in [9.17, 15) is 4.79 Å². The monoisotopic (exact) mass is 324 g/mol. The first kappa shape index (κ1) is 13.0. The van der Waals surface area contributed by atoms with E-state index < -0.39 is 5.97 Å². The van der Waals surface area contributed by atoms with Crippen LogP contribution in [0.3, 0.4) is 0 Å². The van der Waals surface area contributed by atoms with Crippen molar-refractivity contribution in [3.63, 3.8) is 0 Å². The molecule has 0 aromatic heterocycles. The van der Waals surface area contributed by atoms with Gasteiger partial charge in [0, 0.05) is 15.5 Å². The van der Waals surface area contributed by atoms with Gasteiger partial charge < -0.3 is 9.84 Å². The van der Waals surface area contributed by atoms with E-state index in [-0.39, 0.29) is 11.8 Å². The number of aliphatic carboxylic acids is 1. The number of carboxylic acid groups (broad SMARTS) is 1. The van der Waals surface area contributed by atoms with Crippen LogP contribution in [0.4, 0.5) is 0 Å². The van der Waals surface area contributed by atoms with Gasteiger partial charge in [-0.25, -0.2) is 0 Å². The Morgan fingerprint density at radius 3 is 2.74 bits per heavy atom. The molecule has 2 aliphatic rings. The van der Waals surface area contributed by atoms with Crippen molar-refractivity contribution in [3.8, 4) is 5.75 Å². The molecule has 0 saturated heterocycles. The molecule has 0 radical (unpaired) electrons. The molecule has 102 valence electrons. The summed E-state index contributed by atoms with van der Waals surface area (Å²) in [5.41, 5.74) is 0.860. The molecule has 0 aliphatic heterocycles. The highest BCUT2D eigenvalue weighted by atomic mass is 79.9. The van der Waals surface area contributed by atoms with E-state index >= 15 is 0 Å². The van der Waals surface area contributed by atoms with Gasteiger partial charge >= 0.3 is 5.97 Å². The van der Waals surface area contributed by atoms with Crippen LogP contribution in [0.25, 0.3) is 0 Å². The summed E-state index contributed by atoms with van der Waals surface area (Å²) in [4.78, 5) is 11.0. The highest BCUT2D eigenvalue weighted by molar-refractivity contribution is 9.10. The summed E-state index contributed by atoms with van der Waals surface area (Å²) in [6.45, 7) is 0.762. The quantitative estimate of drug-likeness (QED) is 0.866. The minimum atomic E-state index is -0.731. The summed E-state index contributed by atoms with van der Waals surface area (Å²) < 4.78 is 6.89. The topological polar surface area (TPSA) is 46.5 Å². The maximum atomic E-state index is 11.0. The van der Waals surface area contributed by atoms with Crippen LogP contribution in [-0.2, 0) is 10.2 Å². The average Bonchev–Trinajstić information content (AvgIpc) is 3.22. The summed E-state index contributed by atoms with van der Waals surface area (Å²) >= 11 is 3.47. The van der Waals surface area contributed by atoms with Crippen LogP contribution < -0.4 is 4.74 Å². The average molecular weight is 325 g/mol. The van der Waals surface area contributed by atoms with Gasteiger partial charge in [0.1, 0.15) is 5.75 Å². The molecule has 19 heavy (non-hydrogen) atoms. The minimum absolute atomic E-state index is 0.198. The molecule has 0 heterocycles. The van der Waals surface area contributed by atoms with Crippen molar-refractivity contribution in [2.45, 2.75) is 37.5 Å². The zero-order chi connectivity index (χ0) is 13.5. The molecule has 2 saturated carbocycles. The first-order valence-corrected chi connectivity index (χ1v) is 7.53. The van der Waals surface area contributed by atoms with Gasteiger partial charge in [-0.15, -0.1) is 0 Å². The first-order valence-electron chi connectivity index (χ1n) is 6.74. The van der Waals surface area contributed by atoms with Crippen molar-refractivity contribution in [1.29, 1.82) is 0 Å². The normalized spacial score (nSPS) is 20.1. The summed E-state index contributed by atoms with van der Waals surface area (Å²) in [7, 11) is 0. The largest absolute Gasteiger partial charge is 0.493 e. The Balaban J connectivity index is 1.84. The van der Waals surface area contributed by atoms with Crippen molar-refractivity contribution in [2.75, 3.05) is 6.61 Å². The minimum Gasteiger partial charge on any atom is -0.493 e. The van der Waals surface area contributed by atoms with Crippen LogP contribution in [0.15, 0.2) is 22.7 Å². The molecule has 3 nitrogen and oxygen atoms in total. The Morgan fingerprint density at radius 2 is 2.16 bits per heavy atom. The fraction of sp³-hybridized carbons (Fsp3) is 0.533. The Kier molecular flexibility index (Phi) is 3.29. The number of carboxylic acids is 1. The molecule has 0 amide bonds. The van der Waals surface area contributed by atoms with Crippen LogP contribution >= 0.6 is 15.9 Å². The lowest BCUT2D eigenvalue weighted by molar-refractivity contribution is -0.137. The summed E-state index contributed by atoms with van der Waals surface area (Å²) in [6, 6.07) is 5.95. The van der Waals surface area contributed by atoms with E-state index in [4.69, 9.17) is 9.84 Å². The smallest absolute Gasteiger partial charge is 0.304 e. The van der Waals surface area contributed by atoms with Gasteiger partial charge in [0.2, 0.25) is 0 Å². The van der Waals surface area contributed by atoms with Gasteiger partial charge in [-0.2, -0.15) is 0 Å². The molecule has 0 spiro atoms. The van der Waals surface area contributed by atoms with E-state index in [1.165, 1.54) is 12.8 Å². The lowest BCUT2D eigenvalue weighted by Crippen LogP contribution is -2.15. The van der Waals surface area contributed by atoms with E-state index in [1.54, 1.807) is 0 Å². The van der Waals surface area contributed by atoms with Gasteiger partial charge in [-0.3, -0.25) is 4.79 Å². The van der Waals surface area contributed by atoms with Crippen LogP contribution in [0.1, 0.15) is 37.7 Å². The zero-order valence-electron chi connectivity index (χ0n) is 10.7. The fourth-order valence-electron chi connectivity index (χ4n) is 2.52. The van der Waals surface area contributed by atoms with Crippen molar-refractivity contribution >= 4 is 21.9 Å². The lowest BCUT2D eigenvalue weighted by Gasteiger charge is -2.18. The molecule has 2 fully saturated rings. The van der Waals surface area contributed by atoms with Gasteiger partial charge in [0.25, 0.3) is 0 Å². The van der Waals surface area contributed by atoms with E-state index in [2.05, 4.69) is 15.9 Å². The number of hydrogen-bond donors (Lipinski definition) is 1. The number of hydrogen-bond acceptors (Lipinski definition) is 2. The van der Waals surface area contributed by atoms with Crippen molar-refractivity contribution in [2.24, 2.45) is 5.92 Å². The van der Waals surface area contributed by atoms with Gasteiger partial charge in [-0.05, 0) is 49.8 Å². The maximum Gasteiger partial charge on any atom is 0.304 e. The molecule has 3 rings (SSSR count). The van der Waals surface area contributed by atoms with Crippen LogP contribution in [0.2, 0.25) is 0 Å². The predicted molar refractivity (Wildman–Crippen MR) is 75.5 cm³/mol. The molecular formula is C15H17BrO3. The number of ether oxygens (including phenoxy) is 1. The molecule has 2 aliphatic carbocycles. The first-order chi connectivity index (χ1) is 9.09. The second kappa shape index (κ2) is 4.82. The van der Waals surface area contributed by atoms with Gasteiger partial charge in [0.05, 0.1) is 13.0 Å². The van der Waals surface area contributed by atoms with E-state index in [1.807, 2.05) is 18.2 Å². The standard InChI is InChI=1S/C15H17BrO3/c16-11-3-4-13(19-9-10-1-2-10)12(7-11)15(5-6-15)8-14(17)18/h3-4,7,10H,1-2,5-6,8-9H2,(H,17,18). The molecule has 4 heteroatoms. The van der Waals surface area contributed by atoms with Gasteiger partial charge in [0.15, 0.2) is 0 Å². The van der Waals surface area contributed by atoms with Gasteiger partial charge in [-0.1, -0.05) is 15.9 Å². The Labute approximate surface area is 121 Å². The summed E-state index contributed by atoms with van der Waals surface area (Å²) in [5.74, 6) is 0.839. The third-order valence-corrected chi connectivity index (χ3v) is 4.52. The van der Waals surface area contributed by atoms with Crippen molar-refractivity contribution in [3.05, 3.63) is 28.2 Å². The van der Waals surface area contributed by atoms with Crippen LogP contribution in [0, 0.1) is 5.92 Å². The van der Waals surface area contributed by atoms with Crippen LogP contribution in [-0.4, -0.2) is 17.7 Å². The van der Waals surface area contributed by atoms with E-state index in [0.717, 1.165) is 35.2 Å². The maximum absolute atomic E-state index is 11.0. The summed E-state index contributed by atoms with van der Waals surface area (Å²) in [5, 5.41) is 9.09. The van der Waals surface area contributed by atoms with E-state index in [0.29, 0.717) is 5.92 Å². The second-order valence-corrected chi connectivity index (χ2v) is 6.66. The number of carbonyl (C=O) groups is 1. The molecule has 1 N–H and O–H groups in total. The molecule has 1 aromatic carbocycles. The molecule has 0 atom stereocenters. The molecular weight excluding hydrogens is 308 g/mol. The fourth-order valence-corrected chi connectivity index (χ4v) is 2.88. The SMILES string of the molecule is O=C(O)CC1(c2cc(Br)ccc2OCC2CC2)CC1. The highest BCUT2D eigenvalue weighted by Crippen LogP contribution is 2.54. The second-order valence-electron chi connectivity index (χ2n) is 5.75. The molecule has 0 bridgehead atoms. The predicted octanol–water partition coefficient (Wildman–Crippen LogP) is 3.74. The highest BCUT2D eigenvalue weighted by Gasteiger charge is 2.48. The number of rotatable bonds is 6. The molecule has 1 aromatic rings. The Morgan fingerprint density at radius 1 is 1.42 bits per heavy atom. The van der Waals surface area contributed by atoms with Crippen LogP contribution in [0.5, 0.6) is 5.75 Å². The summed E-state index contributed by atoms with van der Waals surface area (Å²) in [6.07, 6.45) is 4.59. The number of benzene rings is 1. The Bertz CT molecular complexity index is 504. The zero-order valence-corrected chi connectivity index (χ0v) is 12.3. The molecule has 0 unspecified atom stereocenters. The third-order valence-electron chi connectivity index (χ3n) is 4.03. The lowest BCUT2D eigenvalue weighted by atomic mass is 9.91. The third kappa shape index (κ3) is 2.94. The number of halogens is 1.